The zero-order valence-electron chi connectivity index (χ0n) is 11.3. The first-order chi connectivity index (χ1) is 8.45. The quantitative estimate of drug-likeness (QED) is 0.751. The summed E-state index contributed by atoms with van der Waals surface area (Å²) in [6.07, 6.45) is 1.25. The van der Waals surface area contributed by atoms with Gasteiger partial charge in [-0.1, -0.05) is 6.92 Å². The highest BCUT2D eigenvalue weighted by Crippen LogP contribution is 2.36. The predicted molar refractivity (Wildman–Crippen MR) is 67.1 cm³/mol. The maximum Gasteiger partial charge on any atom is 0.307 e. The Morgan fingerprint density at radius 3 is 2.56 bits per heavy atom. The number of nitrogens with one attached hydrogen (secondary N) is 1. The Morgan fingerprint density at radius 1 is 1.39 bits per heavy atom. The zero-order valence-corrected chi connectivity index (χ0v) is 11.3. The van der Waals surface area contributed by atoms with E-state index in [9.17, 15) is 9.59 Å². The molecule has 2 N–H and O–H groups in total. The summed E-state index contributed by atoms with van der Waals surface area (Å²) in [6.45, 7) is 6.82. The van der Waals surface area contributed by atoms with Gasteiger partial charge in [-0.15, -0.1) is 0 Å². The van der Waals surface area contributed by atoms with Gasteiger partial charge in [0.15, 0.2) is 0 Å². The minimum atomic E-state index is -0.864. The van der Waals surface area contributed by atoms with Crippen LogP contribution in [0.5, 0.6) is 0 Å². The van der Waals surface area contributed by atoms with Gasteiger partial charge in [-0.3, -0.25) is 9.59 Å². The van der Waals surface area contributed by atoms with Gasteiger partial charge in [0.25, 0.3) is 0 Å². The van der Waals surface area contributed by atoms with E-state index >= 15 is 0 Å². The van der Waals surface area contributed by atoms with Crippen LogP contribution in [0.3, 0.4) is 0 Å². The van der Waals surface area contributed by atoms with Gasteiger partial charge in [0.2, 0.25) is 5.91 Å². The second-order valence-electron chi connectivity index (χ2n) is 5.20. The van der Waals surface area contributed by atoms with Crippen LogP contribution in [-0.2, 0) is 14.3 Å². The van der Waals surface area contributed by atoms with E-state index in [1.807, 2.05) is 20.8 Å². The topological polar surface area (TPSA) is 75.6 Å². The van der Waals surface area contributed by atoms with Crippen molar-refractivity contribution in [3.8, 4) is 0 Å². The Kier molecular flexibility index (Phi) is 5.59. The monoisotopic (exact) mass is 257 g/mol. The van der Waals surface area contributed by atoms with Crippen molar-refractivity contribution in [2.24, 2.45) is 17.8 Å². The smallest absolute Gasteiger partial charge is 0.307 e. The normalized spacial score (nSPS) is 28.9. The van der Waals surface area contributed by atoms with Crippen molar-refractivity contribution in [3.63, 3.8) is 0 Å². The van der Waals surface area contributed by atoms with E-state index in [2.05, 4.69) is 5.32 Å². The van der Waals surface area contributed by atoms with Crippen LogP contribution in [-0.4, -0.2) is 36.2 Å². The predicted octanol–water partition coefficient (Wildman–Crippen LogP) is 1.27. The van der Waals surface area contributed by atoms with Crippen molar-refractivity contribution >= 4 is 11.9 Å². The number of carbonyl (C=O) groups is 2. The highest BCUT2D eigenvalue weighted by atomic mass is 16.5. The van der Waals surface area contributed by atoms with Gasteiger partial charge in [0.05, 0.1) is 18.4 Å². The molecule has 0 aliphatic heterocycles. The number of hydrogen-bond donors (Lipinski definition) is 2. The van der Waals surface area contributed by atoms with Crippen molar-refractivity contribution in [2.45, 2.75) is 39.7 Å². The lowest BCUT2D eigenvalue weighted by Crippen LogP contribution is -2.42. The first kappa shape index (κ1) is 15.0. The molecule has 0 heterocycles. The molecule has 1 aliphatic rings. The number of rotatable bonds is 6. The van der Waals surface area contributed by atoms with Crippen molar-refractivity contribution in [2.75, 3.05) is 13.2 Å². The second kappa shape index (κ2) is 6.73. The van der Waals surface area contributed by atoms with E-state index in [-0.39, 0.29) is 11.9 Å². The van der Waals surface area contributed by atoms with Crippen LogP contribution in [0.4, 0.5) is 0 Å². The van der Waals surface area contributed by atoms with Crippen LogP contribution in [0.15, 0.2) is 0 Å². The van der Waals surface area contributed by atoms with E-state index in [0.717, 1.165) is 0 Å². The molecule has 1 aliphatic carbocycles. The number of ether oxygens (including phenoxy) is 1. The molecule has 4 atom stereocenters. The third-order valence-corrected chi connectivity index (χ3v) is 3.41. The molecule has 1 rings (SSSR count). The molecule has 0 bridgehead atoms. The van der Waals surface area contributed by atoms with Gasteiger partial charge in [-0.2, -0.15) is 0 Å². The Hall–Kier alpha value is -1.10. The number of carboxylic acids is 1. The highest BCUT2D eigenvalue weighted by molar-refractivity contribution is 5.85. The molecule has 104 valence electrons. The minimum absolute atomic E-state index is 0.0807. The van der Waals surface area contributed by atoms with Crippen LogP contribution in [0.1, 0.15) is 33.6 Å². The molecule has 5 nitrogen and oxygen atoms in total. The molecule has 1 saturated carbocycles. The van der Waals surface area contributed by atoms with Crippen molar-refractivity contribution in [1.82, 2.24) is 5.32 Å². The fourth-order valence-corrected chi connectivity index (χ4v) is 2.54. The summed E-state index contributed by atoms with van der Waals surface area (Å²) in [6, 6.07) is -0.0807. The first-order valence-electron chi connectivity index (χ1n) is 6.56. The molecule has 0 saturated heterocycles. The number of hydrogen-bond acceptors (Lipinski definition) is 3. The summed E-state index contributed by atoms with van der Waals surface area (Å²) >= 11 is 0. The summed E-state index contributed by atoms with van der Waals surface area (Å²) < 4.78 is 5.22. The summed E-state index contributed by atoms with van der Waals surface area (Å²) in [5.41, 5.74) is 0. The molecule has 0 aromatic rings. The van der Waals surface area contributed by atoms with E-state index in [4.69, 9.17) is 9.84 Å². The van der Waals surface area contributed by atoms with Gasteiger partial charge < -0.3 is 15.2 Å². The summed E-state index contributed by atoms with van der Waals surface area (Å²) in [5, 5.41) is 12.0. The molecular weight excluding hydrogens is 234 g/mol. The minimum Gasteiger partial charge on any atom is -0.481 e. The van der Waals surface area contributed by atoms with E-state index in [1.54, 1.807) is 0 Å². The van der Waals surface area contributed by atoms with E-state index in [1.165, 1.54) is 0 Å². The molecule has 1 fully saturated rings. The Morgan fingerprint density at radius 2 is 2.00 bits per heavy atom. The molecule has 18 heavy (non-hydrogen) atoms. The molecule has 5 heteroatoms. The standard InChI is InChI=1S/C13H23NO4/c1-4-18-7-9(3)14-12(15)10-5-8(2)6-11(10)13(16)17/h8-11H,4-7H2,1-3H3,(H,14,15)(H,16,17). The van der Waals surface area contributed by atoms with Gasteiger partial charge in [-0.05, 0) is 32.6 Å². The number of aliphatic carboxylic acids is 1. The van der Waals surface area contributed by atoms with Crippen LogP contribution in [0.25, 0.3) is 0 Å². The summed E-state index contributed by atoms with van der Waals surface area (Å²) in [4.78, 5) is 23.2. The Bertz CT molecular complexity index is 305. The van der Waals surface area contributed by atoms with Gasteiger partial charge in [-0.25, -0.2) is 0 Å². The SMILES string of the molecule is CCOCC(C)NC(=O)C1CC(C)CC1C(=O)O. The molecule has 0 aromatic heterocycles. The van der Waals surface area contributed by atoms with Crippen LogP contribution < -0.4 is 5.32 Å². The van der Waals surface area contributed by atoms with E-state index < -0.39 is 17.8 Å². The van der Waals surface area contributed by atoms with Gasteiger partial charge in [0, 0.05) is 12.6 Å². The number of carbonyl (C=O) groups excluding carboxylic acids is 1. The fourth-order valence-electron chi connectivity index (χ4n) is 2.54. The molecule has 0 radical (unpaired) electrons. The lowest BCUT2D eigenvalue weighted by molar-refractivity contribution is -0.146. The fraction of sp³-hybridized carbons (Fsp3) is 0.846. The molecule has 0 aromatic carbocycles. The van der Waals surface area contributed by atoms with Gasteiger partial charge >= 0.3 is 5.97 Å². The zero-order chi connectivity index (χ0) is 13.7. The maximum atomic E-state index is 12.0. The third-order valence-electron chi connectivity index (χ3n) is 3.41. The van der Waals surface area contributed by atoms with Crippen LogP contribution >= 0.6 is 0 Å². The molecular formula is C13H23NO4. The average molecular weight is 257 g/mol. The second-order valence-corrected chi connectivity index (χ2v) is 5.20. The Labute approximate surface area is 108 Å². The lowest BCUT2D eigenvalue weighted by Gasteiger charge is -2.19. The van der Waals surface area contributed by atoms with E-state index in [0.29, 0.717) is 32.0 Å². The largest absolute Gasteiger partial charge is 0.481 e. The van der Waals surface area contributed by atoms with Gasteiger partial charge in [0.1, 0.15) is 0 Å². The van der Waals surface area contributed by atoms with Crippen molar-refractivity contribution < 1.29 is 19.4 Å². The van der Waals surface area contributed by atoms with Crippen LogP contribution in [0, 0.1) is 17.8 Å². The molecule has 0 spiro atoms. The van der Waals surface area contributed by atoms with Crippen LogP contribution in [0.2, 0.25) is 0 Å². The first-order valence-corrected chi connectivity index (χ1v) is 6.56. The highest BCUT2D eigenvalue weighted by Gasteiger charge is 2.41. The summed E-state index contributed by atoms with van der Waals surface area (Å²) in [5.74, 6) is -1.67. The number of amides is 1. The summed E-state index contributed by atoms with van der Waals surface area (Å²) in [7, 11) is 0. The third kappa shape index (κ3) is 3.98. The molecule has 1 amide bonds. The lowest BCUT2D eigenvalue weighted by atomic mass is 9.95. The maximum absolute atomic E-state index is 12.0. The molecule has 4 unspecified atom stereocenters. The van der Waals surface area contributed by atoms with Crippen molar-refractivity contribution in [3.05, 3.63) is 0 Å². The Balaban J connectivity index is 2.52. The number of carboxylic acid groups (broad SMARTS) is 1. The van der Waals surface area contributed by atoms with Crippen molar-refractivity contribution in [1.29, 1.82) is 0 Å². The average Bonchev–Trinajstić information content (AvgIpc) is 2.69.